The summed E-state index contributed by atoms with van der Waals surface area (Å²) in [6.45, 7) is 4.50. The van der Waals surface area contributed by atoms with Crippen molar-refractivity contribution in [2.24, 2.45) is 5.73 Å². The van der Waals surface area contributed by atoms with Crippen molar-refractivity contribution in [3.05, 3.63) is 53.1 Å². The molecule has 0 bridgehead atoms. The number of benzene rings is 2. The molecule has 3 nitrogen and oxygen atoms in total. The van der Waals surface area contributed by atoms with Crippen molar-refractivity contribution < 1.29 is 9.47 Å². The van der Waals surface area contributed by atoms with Gasteiger partial charge in [0.05, 0.1) is 7.11 Å². The van der Waals surface area contributed by atoms with Crippen LogP contribution in [0.5, 0.6) is 17.2 Å². The maximum Gasteiger partial charge on any atom is 0.135 e. The van der Waals surface area contributed by atoms with Crippen LogP contribution >= 0.6 is 0 Å². The number of aryl methyl sites for hydroxylation is 2. The molecule has 0 saturated heterocycles. The molecule has 0 aromatic heterocycles. The molecule has 0 fully saturated rings. The van der Waals surface area contributed by atoms with Crippen molar-refractivity contribution in [3.8, 4) is 17.2 Å². The van der Waals surface area contributed by atoms with Gasteiger partial charge in [-0.3, -0.25) is 0 Å². The lowest BCUT2D eigenvalue weighted by molar-refractivity contribution is 0.407. The Bertz CT molecular complexity index is 579. The standard InChI is InChI=1S/C16H19NO2/c1-11-4-5-12(2)15(8-11)19-16-9-14(18-3)7-6-13(16)10-17/h4-9H,10,17H2,1-3H3. The van der Waals surface area contributed by atoms with Gasteiger partial charge in [-0.05, 0) is 37.1 Å². The van der Waals surface area contributed by atoms with E-state index in [0.29, 0.717) is 6.54 Å². The zero-order valence-corrected chi connectivity index (χ0v) is 11.6. The molecule has 0 atom stereocenters. The third-order valence-corrected chi connectivity index (χ3v) is 3.06. The number of rotatable bonds is 4. The third kappa shape index (κ3) is 3.06. The fourth-order valence-electron chi connectivity index (χ4n) is 1.86. The van der Waals surface area contributed by atoms with E-state index < -0.39 is 0 Å². The molecule has 0 saturated carbocycles. The molecule has 0 amide bonds. The molecule has 100 valence electrons. The highest BCUT2D eigenvalue weighted by molar-refractivity contribution is 5.45. The number of methoxy groups -OCH3 is 1. The quantitative estimate of drug-likeness (QED) is 0.910. The fraction of sp³-hybridized carbons (Fsp3) is 0.250. The summed E-state index contributed by atoms with van der Waals surface area (Å²) in [5, 5.41) is 0. The van der Waals surface area contributed by atoms with E-state index in [-0.39, 0.29) is 0 Å². The molecule has 0 spiro atoms. The van der Waals surface area contributed by atoms with E-state index in [2.05, 4.69) is 6.07 Å². The smallest absolute Gasteiger partial charge is 0.135 e. The van der Waals surface area contributed by atoms with E-state index >= 15 is 0 Å². The van der Waals surface area contributed by atoms with Gasteiger partial charge in [0, 0.05) is 18.2 Å². The first-order valence-corrected chi connectivity index (χ1v) is 6.26. The Morgan fingerprint density at radius 1 is 1.00 bits per heavy atom. The fourth-order valence-corrected chi connectivity index (χ4v) is 1.86. The highest BCUT2D eigenvalue weighted by Gasteiger charge is 2.08. The van der Waals surface area contributed by atoms with Gasteiger partial charge in [-0.15, -0.1) is 0 Å². The average Bonchev–Trinajstić information content (AvgIpc) is 2.42. The summed E-state index contributed by atoms with van der Waals surface area (Å²) < 4.78 is 11.2. The summed E-state index contributed by atoms with van der Waals surface area (Å²) >= 11 is 0. The molecule has 0 heterocycles. The number of hydrogen-bond donors (Lipinski definition) is 1. The van der Waals surface area contributed by atoms with Gasteiger partial charge < -0.3 is 15.2 Å². The van der Waals surface area contributed by atoms with Gasteiger partial charge in [0.1, 0.15) is 17.2 Å². The Morgan fingerprint density at radius 3 is 2.47 bits per heavy atom. The zero-order chi connectivity index (χ0) is 13.8. The topological polar surface area (TPSA) is 44.5 Å². The molecule has 19 heavy (non-hydrogen) atoms. The van der Waals surface area contributed by atoms with E-state index in [1.807, 2.05) is 44.2 Å². The Hall–Kier alpha value is -2.00. The maximum absolute atomic E-state index is 5.99. The normalized spacial score (nSPS) is 10.3. The van der Waals surface area contributed by atoms with Gasteiger partial charge in [0.15, 0.2) is 0 Å². The SMILES string of the molecule is COc1ccc(CN)c(Oc2cc(C)ccc2C)c1. The highest BCUT2D eigenvalue weighted by atomic mass is 16.5. The molecule has 2 aromatic carbocycles. The van der Waals surface area contributed by atoms with E-state index in [0.717, 1.165) is 33.9 Å². The minimum Gasteiger partial charge on any atom is -0.497 e. The van der Waals surface area contributed by atoms with Gasteiger partial charge in [-0.25, -0.2) is 0 Å². The van der Waals surface area contributed by atoms with Crippen LogP contribution in [-0.2, 0) is 6.54 Å². The van der Waals surface area contributed by atoms with Crippen molar-refractivity contribution in [2.75, 3.05) is 7.11 Å². The van der Waals surface area contributed by atoms with Crippen molar-refractivity contribution in [1.29, 1.82) is 0 Å². The van der Waals surface area contributed by atoms with Crippen LogP contribution in [-0.4, -0.2) is 7.11 Å². The van der Waals surface area contributed by atoms with E-state index in [1.165, 1.54) is 0 Å². The van der Waals surface area contributed by atoms with Gasteiger partial charge >= 0.3 is 0 Å². The van der Waals surface area contributed by atoms with Crippen LogP contribution in [0.1, 0.15) is 16.7 Å². The van der Waals surface area contributed by atoms with Crippen molar-refractivity contribution in [3.63, 3.8) is 0 Å². The van der Waals surface area contributed by atoms with Gasteiger partial charge in [0.2, 0.25) is 0 Å². The van der Waals surface area contributed by atoms with Crippen LogP contribution in [0.3, 0.4) is 0 Å². The minimum absolute atomic E-state index is 0.435. The van der Waals surface area contributed by atoms with Crippen molar-refractivity contribution in [1.82, 2.24) is 0 Å². The van der Waals surface area contributed by atoms with E-state index in [9.17, 15) is 0 Å². The second kappa shape index (κ2) is 5.76. The Labute approximate surface area is 114 Å². The Morgan fingerprint density at radius 2 is 1.79 bits per heavy atom. The van der Waals surface area contributed by atoms with Crippen LogP contribution in [0.4, 0.5) is 0 Å². The van der Waals surface area contributed by atoms with Crippen molar-refractivity contribution in [2.45, 2.75) is 20.4 Å². The summed E-state index contributed by atoms with van der Waals surface area (Å²) in [6, 6.07) is 11.8. The number of nitrogens with two attached hydrogens (primary N) is 1. The van der Waals surface area contributed by atoms with Gasteiger partial charge in [-0.2, -0.15) is 0 Å². The molecular formula is C16H19NO2. The monoisotopic (exact) mass is 257 g/mol. The molecule has 0 aliphatic carbocycles. The van der Waals surface area contributed by atoms with Crippen LogP contribution in [0, 0.1) is 13.8 Å². The predicted octanol–water partition coefficient (Wildman–Crippen LogP) is 3.56. The van der Waals surface area contributed by atoms with Gasteiger partial charge in [0.25, 0.3) is 0 Å². The largest absolute Gasteiger partial charge is 0.497 e. The zero-order valence-electron chi connectivity index (χ0n) is 11.6. The highest BCUT2D eigenvalue weighted by Crippen LogP contribution is 2.31. The molecule has 0 radical (unpaired) electrons. The Balaban J connectivity index is 2.38. The lowest BCUT2D eigenvalue weighted by atomic mass is 10.1. The Kier molecular flexibility index (Phi) is 4.07. The lowest BCUT2D eigenvalue weighted by Crippen LogP contribution is -2.00. The number of hydrogen-bond acceptors (Lipinski definition) is 3. The molecule has 2 aromatic rings. The summed E-state index contributed by atoms with van der Waals surface area (Å²) in [5.74, 6) is 2.36. The first-order chi connectivity index (χ1) is 9.13. The second-order valence-corrected chi connectivity index (χ2v) is 4.55. The van der Waals surface area contributed by atoms with Crippen LogP contribution in [0.15, 0.2) is 36.4 Å². The summed E-state index contributed by atoms with van der Waals surface area (Å²) in [7, 11) is 1.64. The third-order valence-electron chi connectivity index (χ3n) is 3.06. The van der Waals surface area contributed by atoms with E-state index in [1.54, 1.807) is 7.11 Å². The van der Waals surface area contributed by atoms with Crippen LogP contribution in [0.25, 0.3) is 0 Å². The molecule has 2 rings (SSSR count). The average molecular weight is 257 g/mol. The van der Waals surface area contributed by atoms with Crippen LogP contribution < -0.4 is 15.2 Å². The molecule has 2 N–H and O–H groups in total. The van der Waals surface area contributed by atoms with Crippen LogP contribution in [0.2, 0.25) is 0 Å². The summed E-state index contributed by atoms with van der Waals surface area (Å²) in [6.07, 6.45) is 0. The first kappa shape index (κ1) is 13.4. The second-order valence-electron chi connectivity index (χ2n) is 4.55. The molecule has 3 heteroatoms. The maximum atomic E-state index is 5.99. The minimum atomic E-state index is 0.435. The summed E-state index contributed by atoms with van der Waals surface area (Å²) in [5.41, 5.74) is 8.96. The van der Waals surface area contributed by atoms with Gasteiger partial charge in [-0.1, -0.05) is 18.2 Å². The number of ether oxygens (including phenoxy) is 2. The van der Waals surface area contributed by atoms with Crippen molar-refractivity contribution >= 4 is 0 Å². The molecule has 0 aliphatic heterocycles. The van der Waals surface area contributed by atoms with E-state index in [4.69, 9.17) is 15.2 Å². The first-order valence-electron chi connectivity index (χ1n) is 6.26. The molecule has 0 unspecified atom stereocenters. The summed E-state index contributed by atoms with van der Waals surface area (Å²) in [4.78, 5) is 0. The molecule has 0 aliphatic rings. The molecular weight excluding hydrogens is 238 g/mol. The predicted molar refractivity (Wildman–Crippen MR) is 76.9 cm³/mol. The lowest BCUT2D eigenvalue weighted by Gasteiger charge is -2.13.